The van der Waals surface area contributed by atoms with Crippen molar-refractivity contribution in [3.05, 3.63) is 47.7 Å². The van der Waals surface area contributed by atoms with E-state index in [4.69, 9.17) is 9.15 Å². The monoisotopic (exact) mass is 616 g/mol. The Bertz CT molecular complexity index is 1590. The van der Waals surface area contributed by atoms with Crippen LogP contribution in [-0.2, 0) is 17.5 Å². The Hall–Kier alpha value is -4.60. The number of urea groups is 1. The number of anilines is 1. The van der Waals surface area contributed by atoms with Crippen LogP contribution >= 0.6 is 11.3 Å². The van der Waals surface area contributed by atoms with Gasteiger partial charge in [-0.1, -0.05) is 6.42 Å². The van der Waals surface area contributed by atoms with Crippen molar-refractivity contribution in [1.29, 1.82) is 0 Å². The van der Waals surface area contributed by atoms with E-state index in [0.29, 0.717) is 28.8 Å². The standard InChI is InChI=1S/C27H27F3N8O4S/c1-2-32-25(39)36-21-9-18(24-35-20(14-43-24)27(28,29)30)19(12-33-21)15-8-16(11-31-10-15)23-38-37-22(42-23)13-34-26(40)41-17-6-4-3-5-7-17/h8-12,14,17H,2-7,13H2,1H3,(H,34,40)(H2,32,33,36,39). The number of amides is 3. The van der Waals surface area contributed by atoms with Gasteiger partial charge in [0.1, 0.15) is 16.9 Å². The molecule has 0 aromatic carbocycles. The average Bonchev–Trinajstić information content (AvgIpc) is 3.68. The van der Waals surface area contributed by atoms with E-state index in [1.807, 2.05) is 0 Å². The van der Waals surface area contributed by atoms with E-state index in [9.17, 15) is 22.8 Å². The lowest BCUT2D eigenvalue weighted by Gasteiger charge is -2.21. The van der Waals surface area contributed by atoms with E-state index in [0.717, 1.165) is 48.8 Å². The third kappa shape index (κ3) is 7.63. The molecule has 5 rings (SSSR count). The number of ether oxygens (including phenoxy) is 1. The molecule has 0 radical (unpaired) electrons. The fraction of sp³-hybridized carbons (Fsp3) is 0.370. The van der Waals surface area contributed by atoms with Gasteiger partial charge in [-0.15, -0.1) is 21.5 Å². The average molecular weight is 617 g/mol. The third-order valence-electron chi connectivity index (χ3n) is 6.48. The quantitative estimate of drug-likeness (QED) is 0.215. The van der Waals surface area contributed by atoms with E-state index in [1.165, 1.54) is 24.7 Å². The highest BCUT2D eigenvalue weighted by Gasteiger charge is 2.34. The summed E-state index contributed by atoms with van der Waals surface area (Å²) in [5.41, 5.74) is 0.572. The number of hydrogen-bond acceptors (Lipinski definition) is 10. The van der Waals surface area contributed by atoms with Crippen LogP contribution in [0.15, 0.2) is 40.5 Å². The summed E-state index contributed by atoms with van der Waals surface area (Å²) in [5.74, 6) is 0.379. The van der Waals surface area contributed by atoms with Crippen LogP contribution in [-0.4, -0.2) is 49.9 Å². The van der Waals surface area contributed by atoms with Crippen molar-refractivity contribution >= 4 is 29.3 Å². The molecule has 1 aliphatic rings. The van der Waals surface area contributed by atoms with E-state index >= 15 is 0 Å². The number of hydrogen-bond donors (Lipinski definition) is 3. The molecule has 16 heteroatoms. The van der Waals surface area contributed by atoms with E-state index < -0.39 is 24.0 Å². The highest BCUT2D eigenvalue weighted by molar-refractivity contribution is 7.13. The van der Waals surface area contributed by atoms with Gasteiger partial charge < -0.3 is 19.8 Å². The maximum absolute atomic E-state index is 13.3. The molecule has 0 saturated heterocycles. The zero-order valence-corrected chi connectivity index (χ0v) is 23.7. The Balaban J connectivity index is 1.37. The molecule has 3 N–H and O–H groups in total. The lowest BCUT2D eigenvalue weighted by molar-refractivity contribution is -0.140. The molecule has 0 spiro atoms. The van der Waals surface area contributed by atoms with Crippen LogP contribution in [0.2, 0.25) is 0 Å². The number of halogens is 3. The first kappa shape index (κ1) is 29.9. The summed E-state index contributed by atoms with van der Waals surface area (Å²) in [5, 5.41) is 16.7. The summed E-state index contributed by atoms with van der Waals surface area (Å²) in [6, 6.07) is 2.58. The zero-order chi connectivity index (χ0) is 30.4. The number of nitrogens with zero attached hydrogens (tertiary/aromatic N) is 5. The topological polar surface area (TPSA) is 157 Å². The van der Waals surface area contributed by atoms with Crippen molar-refractivity contribution in [2.24, 2.45) is 0 Å². The Morgan fingerprint density at radius 3 is 2.58 bits per heavy atom. The van der Waals surface area contributed by atoms with Crippen LogP contribution in [0, 0.1) is 0 Å². The Kier molecular flexibility index (Phi) is 9.13. The van der Waals surface area contributed by atoms with Gasteiger partial charge in [0.15, 0.2) is 5.69 Å². The summed E-state index contributed by atoms with van der Waals surface area (Å²) in [7, 11) is 0. The van der Waals surface area contributed by atoms with Gasteiger partial charge in [-0.05, 0) is 44.7 Å². The highest BCUT2D eigenvalue weighted by Crippen LogP contribution is 2.39. The van der Waals surface area contributed by atoms with Crippen LogP contribution in [0.5, 0.6) is 0 Å². The first-order valence-electron chi connectivity index (χ1n) is 13.5. The minimum absolute atomic E-state index is 0.0363. The molecule has 1 saturated carbocycles. The number of pyridine rings is 2. The van der Waals surface area contributed by atoms with E-state index in [1.54, 1.807) is 13.0 Å². The predicted molar refractivity (Wildman–Crippen MR) is 150 cm³/mol. The van der Waals surface area contributed by atoms with E-state index in [2.05, 4.69) is 41.1 Å². The maximum Gasteiger partial charge on any atom is 0.434 e. The minimum Gasteiger partial charge on any atom is -0.446 e. The number of carbonyl (C=O) groups excluding carboxylic acids is 2. The fourth-order valence-corrected chi connectivity index (χ4v) is 5.31. The van der Waals surface area contributed by atoms with Gasteiger partial charge in [-0.2, -0.15) is 13.2 Å². The number of thiazole rings is 1. The molecule has 4 aromatic heterocycles. The number of carbonyl (C=O) groups is 2. The predicted octanol–water partition coefficient (Wildman–Crippen LogP) is 6.04. The molecule has 4 heterocycles. The van der Waals surface area contributed by atoms with Gasteiger partial charge in [0, 0.05) is 47.2 Å². The van der Waals surface area contributed by atoms with E-state index in [-0.39, 0.29) is 35.3 Å². The van der Waals surface area contributed by atoms with Crippen molar-refractivity contribution in [3.63, 3.8) is 0 Å². The summed E-state index contributed by atoms with van der Waals surface area (Å²) in [6.07, 6.45) is 4.01. The number of alkyl carbamates (subject to hydrolysis) is 1. The molecular formula is C27H27F3N8O4S. The molecule has 226 valence electrons. The van der Waals surface area contributed by atoms with Crippen molar-refractivity contribution in [1.82, 2.24) is 35.8 Å². The molecule has 12 nitrogen and oxygen atoms in total. The van der Waals surface area contributed by atoms with Crippen molar-refractivity contribution in [3.8, 4) is 33.2 Å². The van der Waals surface area contributed by atoms with Gasteiger partial charge in [0.25, 0.3) is 0 Å². The number of alkyl halides is 3. The number of rotatable bonds is 8. The Labute approximate surface area is 247 Å². The third-order valence-corrected chi connectivity index (χ3v) is 7.36. The molecule has 1 aliphatic carbocycles. The fourth-order valence-electron chi connectivity index (χ4n) is 4.45. The minimum atomic E-state index is -4.62. The second-order valence-electron chi connectivity index (χ2n) is 9.62. The molecule has 4 aromatic rings. The second-order valence-corrected chi connectivity index (χ2v) is 10.5. The van der Waals surface area contributed by atoms with Gasteiger partial charge in [-0.3, -0.25) is 10.3 Å². The van der Waals surface area contributed by atoms with Crippen LogP contribution < -0.4 is 16.0 Å². The molecule has 0 unspecified atom stereocenters. The molecule has 0 bridgehead atoms. The lowest BCUT2D eigenvalue weighted by atomic mass is 9.98. The van der Waals surface area contributed by atoms with Crippen molar-refractivity contribution < 1.29 is 31.9 Å². The first-order valence-corrected chi connectivity index (χ1v) is 14.4. The second kappa shape index (κ2) is 13.1. The summed E-state index contributed by atoms with van der Waals surface area (Å²) < 4.78 is 51.1. The van der Waals surface area contributed by atoms with Crippen molar-refractivity contribution in [2.45, 2.75) is 57.9 Å². The van der Waals surface area contributed by atoms with Crippen LogP contribution in [0.3, 0.4) is 0 Å². The number of aromatic nitrogens is 5. The summed E-state index contributed by atoms with van der Waals surface area (Å²) in [4.78, 5) is 36.5. The molecule has 0 aliphatic heterocycles. The lowest BCUT2D eigenvalue weighted by Crippen LogP contribution is -2.29. The Morgan fingerprint density at radius 2 is 1.84 bits per heavy atom. The van der Waals surface area contributed by atoms with Gasteiger partial charge in [0.2, 0.25) is 11.8 Å². The Morgan fingerprint density at radius 1 is 1.05 bits per heavy atom. The summed E-state index contributed by atoms with van der Waals surface area (Å²) in [6.45, 7) is 2.07. The van der Waals surface area contributed by atoms with Crippen LogP contribution in [0.4, 0.5) is 28.6 Å². The highest BCUT2D eigenvalue weighted by atomic mass is 32.1. The maximum atomic E-state index is 13.3. The van der Waals surface area contributed by atoms with Crippen molar-refractivity contribution in [2.75, 3.05) is 11.9 Å². The van der Waals surface area contributed by atoms with Gasteiger partial charge >= 0.3 is 18.3 Å². The zero-order valence-electron chi connectivity index (χ0n) is 22.9. The molecule has 1 fully saturated rings. The number of nitrogens with one attached hydrogen (secondary N) is 3. The normalized spacial score (nSPS) is 13.9. The molecule has 0 atom stereocenters. The molecule has 3 amide bonds. The van der Waals surface area contributed by atoms with Gasteiger partial charge in [-0.25, -0.2) is 19.6 Å². The molecule has 43 heavy (non-hydrogen) atoms. The van der Waals surface area contributed by atoms with Crippen LogP contribution in [0.25, 0.3) is 33.2 Å². The SMILES string of the molecule is CCNC(=O)Nc1cc(-c2nc(C(F)(F)F)cs2)c(-c2cncc(-c3nnc(CNC(=O)OC4CCCCC4)o3)c2)cn1. The van der Waals surface area contributed by atoms with Gasteiger partial charge in [0.05, 0.1) is 12.1 Å². The first-order chi connectivity index (χ1) is 20.7. The molecular weight excluding hydrogens is 589 g/mol. The summed E-state index contributed by atoms with van der Waals surface area (Å²) >= 11 is 0.805. The largest absolute Gasteiger partial charge is 0.446 e. The smallest absolute Gasteiger partial charge is 0.434 e. The van der Waals surface area contributed by atoms with Crippen LogP contribution in [0.1, 0.15) is 50.6 Å².